The van der Waals surface area contributed by atoms with Crippen LogP contribution in [0.3, 0.4) is 0 Å². The number of Topliss-reactive ketones (excluding diaryl/α,β-unsaturated/α-hetero) is 1. The fourth-order valence-electron chi connectivity index (χ4n) is 3.41. The summed E-state index contributed by atoms with van der Waals surface area (Å²) >= 11 is 5.94. The smallest absolute Gasteiger partial charge is 0.343 e. The number of esters is 1. The highest BCUT2D eigenvalue weighted by molar-refractivity contribution is 6.30. The largest absolute Gasteiger partial charge is 0.497 e. The maximum absolute atomic E-state index is 13.0. The molecule has 0 N–H and O–H groups in total. The van der Waals surface area contributed by atoms with E-state index in [0.717, 1.165) is 0 Å². The number of fused-ring (bicyclic) bond motifs is 1. The molecule has 0 unspecified atom stereocenters. The summed E-state index contributed by atoms with van der Waals surface area (Å²) in [6.45, 7) is 1.76. The molecule has 0 aromatic heterocycles. The zero-order valence-electron chi connectivity index (χ0n) is 17.6. The number of aryl methyl sites for hydroxylation is 1. The highest BCUT2D eigenvalue weighted by atomic mass is 35.5. The molecule has 0 bridgehead atoms. The lowest BCUT2D eigenvalue weighted by molar-refractivity contribution is 0.0734. The number of hydrogen-bond donors (Lipinski definition) is 0. The van der Waals surface area contributed by atoms with Gasteiger partial charge in [-0.25, -0.2) is 4.79 Å². The normalized spacial score (nSPS) is 13.5. The van der Waals surface area contributed by atoms with Crippen LogP contribution in [0.25, 0.3) is 6.08 Å². The number of carbonyl (C=O) groups is 2. The first-order chi connectivity index (χ1) is 15.4. The Morgan fingerprint density at radius 2 is 1.81 bits per heavy atom. The van der Waals surface area contributed by atoms with Crippen LogP contribution in [0.1, 0.15) is 31.8 Å². The van der Waals surface area contributed by atoms with Gasteiger partial charge in [-0.05, 0) is 61.0 Å². The molecule has 0 amide bonds. The van der Waals surface area contributed by atoms with Crippen LogP contribution < -0.4 is 18.9 Å². The molecule has 4 rings (SSSR count). The average molecular weight is 451 g/mol. The Kier molecular flexibility index (Phi) is 5.88. The van der Waals surface area contributed by atoms with E-state index >= 15 is 0 Å². The third-order valence-electron chi connectivity index (χ3n) is 4.94. The minimum absolute atomic E-state index is 0.132. The van der Waals surface area contributed by atoms with E-state index in [1.807, 2.05) is 0 Å². The highest BCUT2D eigenvalue weighted by Crippen LogP contribution is 2.38. The van der Waals surface area contributed by atoms with Gasteiger partial charge in [0.25, 0.3) is 0 Å². The van der Waals surface area contributed by atoms with Crippen molar-refractivity contribution in [1.29, 1.82) is 0 Å². The predicted molar refractivity (Wildman–Crippen MR) is 120 cm³/mol. The number of allylic oxidation sites excluding steroid dienone is 1. The van der Waals surface area contributed by atoms with Gasteiger partial charge in [0.15, 0.2) is 5.76 Å². The summed E-state index contributed by atoms with van der Waals surface area (Å²) < 4.78 is 21.9. The van der Waals surface area contributed by atoms with E-state index < -0.39 is 5.97 Å². The molecule has 1 heterocycles. The summed E-state index contributed by atoms with van der Waals surface area (Å²) in [5, 5.41) is 0.432. The lowest BCUT2D eigenvalue weighted by Crippen LogP contribution is -2.08. The van der Waals surface area contributed by atoms with Gasteiger partial charge in [0.05, 0.1) is 25.3 Å². The highest BCUT2D eigenvalue weighted by Gasteiger charge is 2.30. The molecular weight excluding hydrogens is 432 g/mol. The summed E-state index contributed by atoms with van der Waals surface area (Å²) in [5.41, 5.74) is 2.00. The minimum Gasteiger partial charge on any atom is -0.497 e. The number of methoxy groups -OCH3 is 2. The standard InChI is InChI=1S/C25H19ClO6/c1-14-9-19(31-25(28)15-5-4-6-17(26)10-15)13-21-23(14)24(27)22(32-21)12-16-11-18(29-2)7-8-20(16)30-3/h4-13H,1-3H3/b22-12-. The first-order valence-electron chi connectivity index (χ1n) is 9.68. The topological polar surface area (TPSA) is 71.1 Å². The van der Waals surface area contributed by atoms with E-state index in [2.05, 4.69) is 0 Å². The molecule has 1 aliphatic rings. The molecule has 0 atom stereocenters. The van der Waals surface area contributed by atoms with E-state index in [4.69, 9.17) is 30.5 Å². The predicted octanol–water partition coefficient (Wildman–Crippen LogP) is 5.50. The Labute approximate surface area is 189 Å². The van der Waals surface area contributed by atoms with Crippen LogP contribution in [0, 0.1) is 6.92 Å². The van der Waals surface area contributed by atoms with Gasteiger partial charge in [0, 0.05) is 16.7 Å². The summed E-state index contributed by atoms with van der Waals surface area (Å²) in [4.78, 5) is 25.4. The lowest BCUT2D eigenvalue weighted by Gasteiger charge is -2.08. The van der Waals surface area contributed by atoms with Crippen LogP contribution >= 0.6 is 11.6 Å². The lowest BCUT2D eigenvalue weighted by atomic mass is 10.0. The van der Waals surface area contributed by atoms with E-state index in [1.165, 1.54) is 12.1 Å². The third kappa shape index (κ3) is 4.18. The molecule has 0 saturated carbocycles. The van der Waals surface area contributed by atoms with E-state index in [-0.39, 0.29) is 17.3 Å². The fraction of sp³-hybridized carbons (Fsp3) is 0.120. The maximum atomic E-state index is 13.0. The van der Waals surface area contributed by atoms with E-state index in [0.29, 0.717) is 44.5 Å². The Morgan fingerprint density at radius 3 is 2.53 bits per heavy atom. The summed E-state index contributed by atoms with van der Waals surface area (Å²) in [7, 11) is 3.10. The zero-order valence-corrected chi connectivity index (χ0v) is 18.4. The van der Waals surface area contributed by atoms with Crippen molar-refractivity contribution in [2.45, 2.75) is 6.92 Å². The number of carbonyl (C=O) groups excluding carboxylic acids is 2. The molecular formula is C25H19ClO6. The molecule has 0 aliphatic carbocycles. The van der Waals surface area contributed by atoms with Crippen LogP contribution in [0.5, 0.6) is 23.0 Å². The summed E-state index contributed by atoms with van der Waals surface area (Å²) in [6, 6.07) is 14.9. The summed E-state index contributed by atoms with van der Waals surface area (Å²) in [5.74, 6) is 1.07. The first kappa shape index (κ1) is 21.5. The monoisotopic (exact) mass is 450 g/mol. The van der Waals surface area contributed by atoms with Crippen molar-refractivity contribution >= 4 is 29.4 Å². The Hall–Kier alpha value is -3.77. The second kappa shape index (κ2) is 8.77. The third-order valence-corrected chi connectivity index (χ3v) is 5.17. The Balaban J connectivity index is 1.64. The molecule has 0 spiro atoms. The van der Waals surface area contributed by atoms with Gasteiger partial charge >= 0.3 is 5.97 Å². The van der Waals surface area contributed by atoms with Crippen molar-refractivity contribution < 1.29 is 28.5 Å². The van der Waals surface area contributed by atoms with Crippen LogP contribution in [-0.2, 0) is 0 Å². The van der Waals surface area contributed by atoms with Gasteiger partial charge < -0.3 is 18.9 Å². The van der Waals surface area contributed by atoms with Crippen molar-refractivity contribution in [3.63, 3.8) is 0 Å². The molecule has 1 aliphatic heterocycles. The molecule has 162 valence electrons. The second-order valence-corrected chi connectivity index (χ2v) is 7.50. The minimum atomic E-state index is -0.562. The van der Waals surface area contributed by atoms with E-state index in [9.17, 15) is 9.59 Å². The zero-order chi connectivity index (χ0) is 22.8. The fourth-order valence-corrected chi connectivity index (χ4v) is 3.60. The van der Waals surface area contributed by atoms with Gasteiger partial charge in [-0.1, -0.05) is 17.7 Å². The number of ketones is 1. The molecule has 0 fully saturated rings. The number of rotatable bonds is 5. The molecule has 32 heavy (non-hydrogen) atoms. The van der Waals surface area contributed by atoms with E-state index in [1.54, 1.807) is 69.7 Å². The van der Waals surface area contributed by atoms with Gasteiger partial charge in [-0.2, -0.15) is 0 Å². The number of benzene rings is 3. The quantitative estimate of drug-likeness (QED) is 0.290. The van der Waals surface area contributed by atoms with Crippen LogP contribution in [0.2, 0.25) is 5.02 Å². The SMILES string of the molecule is COc1ccc(OC)c(/C=C2\Oc3cc(OC(=O)c4cccc(Cl)c4)cc(C)c3C2=O)c1. The number of ether oxygens (including phenoxy) is 4. The van der Waals surface area contributed by atoms with Crippen LogP contribution in [-0.4, -0.2) is 26.0 Å². The molecule has 3 aromatic rings. The molecule has 3 aromatic carbocycles. The van der Waals surface area contributed by atoms with Gasteiger partial charge in [0.2, 0.25) is 5.78 Å². The van der Waals surface area contributed by atoms with Crippen molar-refractivity contribution in [2.24, 2.45) is 0 Å². The Bertz CT molecular complexity index is 1260. The van der Waals surface area contributed by atoms with Crippen molar-refractivity contribution in [1.82, 2.24) is 0 Å². The van der Waals surface area contributed by atoms with Gasteiger partial charge in [-0.3, -0.25) is 4.79 Å². The van der Waals surface area contributed by atoms with Gasteiger partial charge in [0.1, 0.15) is 23.0 Å². The molecule has 6 nitrogen and oxygen atoms in total. The molecule has 0 saturated heterocycles. The summed E-state index contributed by atoms with van der Waals surface area (Å²) in [6.07, 6.45) is 1.60. The van der Waals surface area contributed by atoms with Crippen molar-refractivity contribution in [3.05, 3.63) is 87.6 Å². The first-order valence-corrected chi connectivity index (χ1v) is 10.1. The average Bonchev–Trinajstić information content (AvgIpc) is 3.09. The Morgan fingerprint density at radius 1 is 1.00 bits per heavy atom. The van der Waals surface area contributed by atoms with Crippen molar-refractivity contribution in [3.8, 4) is 23.0 Å². The second-order valence-electron chi connectivity index (χ2n) is 7.06. The molecule has 7 heteroatoms. The maximum Gasteiger partial charge on any atom is 0.343 e. The number of halogens is 1. The van der Waals surface area contributed by atoms with Gasteiger partial charge in [-0.15, -0.1) is 0 Å². The van der Waals surface area contributed by atoms with Crippen molar-refractivity contribution in [2.75, 3.05) is 14.2 Å². The van der Waals surface area contributed by atoms with Crippen LogP contribution in [0.4, 0.5) is 0 Å². The van der Waals surface area contributed by atoms with Crippen LogP contribution in [0.15, 0.2) is 60.4 Å². The number of hydrogen-bond acceptors (Lipinski definition) is 6. The molecule has 0 radical (unpaired) electrons.